The summed E-state index contributed by atoms with van der Waals surface area (Å²) in [6.45, 7) is 0. The molecule has 160 valence electrons. The largest absolute Gasteiger partial charge is 4.00 e. The van der Waals surface area contributed by atoms with Crippen LogP contribution in [0.5, 0.6) is 0 Å². The Kier molecular flexibility index (Phi) is 9.63. The Morgan fingerprint density at radius 2 is 0.697 bits per heavy atom. The number of fused-ring (bicyclic) bond motifs is 2. The molecule has 3 heteroatoms. The third kappa shape index (κ3) is 5.61. The fraction of sp³-hybridized carbons (Fsp3) is 0. The molecule has 0 aliphatic carbocycles. The van der Waals surface area contributed by atoms with Crippen LogP contribution in [-0.2, 0) is 26.2 Å². The van der Waals surface area contributed by atoms with Gasteiger partial charge >= 0.3 is 26.2 Å². The van der Waals surface area contributed by atoms with Crippen LogP contribution >= 0.6 is 0 Å². The molecule has 0 nitrogen and oxygen atoms in total. The van der Waals surface area contributed by atoms with Gasteiger partial charge in [0.1, 0.15) is 0 Å². The van der Waals surface area contributed by atoms with Crippen molar-refractivity contribution in [1.29, 1.82) is 0 Å². The molecule has 0 saturated carbocycles. The van der Waals surface area contributed by atoms with E-state index in [0.717, 1.165) is 0 Å². The van der Waals surface area contributed by atoms with Gasteiger partial charge in [-0.2, -0.15) is 0 Å². The topological polar surface area (TPSA) is 0 Å². The monoisotopic (exact) mass is 510 g/mol. The van der Waals surface area contributed by atoms with E-state index in [0.29, 0.717) is 0 Å². The first-order valence-electron chi connectivity index (χ1n) is 10.3. The van der Waals surface area contributed by atoms with E-state index in [1.54, 1.807) is 0 Å². The van der Waals surface area contributed by atoms with Gasteiger partial charge in [-0.1, -0.05) is 105 Å². The Labute approximate surface area is 212 Å². The molecule has 0 saturated heterocycles. The number of benzene rings is 4. The molecule has 0 bridgehead atoms. The average Bonchev–Trinajstić information content (AvgIpc) is 3.45. The molecule has 0 unspecified atom stereocenters. The van der Waals surface area contributed by atoms with Crippen molar-refractivity contribution < 1.29 is 35.6 Å². The van der Waals surface area contributed by atoms with Crippen LogP contribution in [0.25, 0.3) is 43.8 Å². The molecule has 33 heavy (non-hydrogen) atoms. The van der Waals surface area contributed by atoms with Crippen LogP contribution in [0.1, 0.15) is 0 Å². The van der Waals surface area contributed by atoms with Crippen LogP contribution in [0, 0.1) is 0 Å². The molecule has 6 rings (SSSR count). The van der Waals surface area contributed by atoms with Gasteiger partial charge in [-0.15, -0.1) is 71.8 Å². The van der Waals surface area contributed by atoms with Gasteiger partial charge in [-0.25, -0.2) is 0 Å². The minimum atomic E-state index is 0. The second-order valence-electron chi connectivity index (χ2n) is 7.40. The van der Waals surface area contributed by atoms with Crippen molar-refractivity contribution >= 4 is 21.5 Å². The molecular weight excluding hydrogens is 490 g/mol. The van der Waals surface area contributed by atoms with Crippen molar-refractivity contribution in [2.45, 2.75) is 0 Å². The third-order valence-corrected chi connectivity index (χ3v) is 5.53. The van der Waals surface area contributed by atoms with E-state index in [-0.39, 0.29) is 35.6 Å². The van der Waals surface area contributed by atoms with Crippen molar-refractivity contribution in [2.24, 2.45) is 0 Å². The summed E-state index contributed by atoms with van der Waals surface area (Å²) in [7, 11) is 0. The second kappa shape index (κ2) is 12.2. The van der Waals surface area contributed by atoms with Crippen LogP contribution in [-0.4, -0.2) is 0 Å². The van der Waals surface area contributed by atoms with Crippen LogP contribution in [0.3, 0.4) is 0 Å². The summed E-state index contributed by atoms with van der Waals surface area (Å²) in [4.78, 5) is 0. The number of hydrogen-bond acceptors (Lipinski definition) is 0. The maximum absolute atomic E-state index is 2.19. The van der Waals surface area contributed by atoms with Crippen molar-refractivity contribution in [3.63, 3.8) is 0 Å². The summed E-state index contributed by atoms with van der Waals surface area (Å²) in [6, 6.07) is 46.8. The van der Waals surface area contributed by atoms with Gasteiger partial charge in [0.15, 0.2) is 0 Å². The smallest absolute Gasteiger partial charge is 1.00 e. The van der Waals surface area contributed by atoms with Crippen molar-refractivity contribution in [1.82, 2.24) is 0 Å². The zero-order valence-corrected chi connectivity index (χ0v) is 20.4. The Bertz CT molecular complexity index is 1270. The zero-order valence-electron chi connectivity index (χ0n) is 18.0. The van der Waals surface area contributed by atoms with Gasteiger partial charge < -0.3 is 9.41 Å². The van der Waals surface area contributed by atoms with Crippen molar-refractivity contribution in [3.8, 4) is 22.3 Å². The minimum Gasteiger partial charge on any atom is -1.00 e. The molecule has 6 aromatic carbocycles. The maximum atomic E-state index is 2.19. The number of hydrogen-bond donors (Lipinski definition) is 0. The molecule has 0 aliphatic rings. The maximum Gasteiger partial charge on any atom is 4.00 e. The molecule has 0 fully saturated rings. The van der Waals surface area contributed by atoms with E-state index in [9.17, 15) is 0 Å². The summed E-state index contributed by atoms with van der Waals surface area (Å²) in [6.07, 6.45) is 0. The predicted octanol–water partition coefficient (Wildman–Crippen LogP) is 2.46. The summed E-state index contributed by atoms with van der Waals surface area (Å²) < 4.78 is 0. The molecular formula is C30H22F2Zr. The summed E-state index contributed by atoms with van der Waals surface area (Å²) in [5, 5.41) is 5.31. The van der Waals surface area contributed by atoms with Gasteiger partial charge in [0.05, 0.1) is 0 Å². The second-order valence-corrected chi connectivity index (χ2v) is 7.40. The molecule has 0 aromatic heterocycles. The van der Waals surface area contributed by atoms with Crippen LogP contribution < -0.4 is 9.41 Å². The van der Waals surface area contributed by atoms with E-state index in [1.807, 2.05) is 0 Å². The van der Waals surface area contributed by atoms with E-state index < -0.39 is 0 Å². The average molecular weight is 512 g/mol. The standard InChI is InChI=1S/2C15H11.2FH.Zr/c2*1-2-6-12(7-3-1)15-11-10-13-8-4-5-9-14(13)15;;;/h2*1-11H;2*1H;/q2*-1;;;+4/p-2. The Hall–Kier alpha value is -3.16. The zero-order chi connectivity index (χ0) is 20.2. The summed E-state index contributed by atoms with van der Waals surface area (Å²) >= 11 is 0. The van der Waals surface area contributed by atoms with E-state index in [1.165, 1.54) is 43.8 Å². The molecule has 0 heterocycles. The Morgan fingerprint density at radius 3 is 1.09 bits per heavy atom. The van der Waals surface area contributed by atoms with Gasteiger partial charge in [0.2, 0.25) is 0 Å². The van der Waals surface area contributed by atoms with Gasteiger partial charge in [0, 0.05) is 0 Å². The summed E-state index contributed by atoms with van der Waals surface area (Å²) in [5.41, 5.74) is 5.23. The Morgan fingerprint density at radius 1 is 0.364 bits per heavy atom. The minimum absolute atomic E-state index is 0. The molecule has 0 N–H and O–H groups in total. The molecule has 0 amide bonds. The molecule has 0 spiro atoms. The SMILES string of the molecule is [F-].[F-].[Zr+4].c1ccc(-[c-]2ccc3ccccc32)cc1.c1ccc(-[c-]2ccc3ccccc32)cc1. The van der Waals surface area contributed by atoms with Crippen LogP contribution in [0.2, 0.25) is 0 Å². The van der Waals surface area contributed by atoms with E-state index in [4.69, 9.17) is 0 Å². The molecule has 0 aliphatic heterocycles. The predicted molar refractivity (Wildman–Crippen MR) is 130 cm³/mol. The first-order chi connectivity index (χ1) is 14.9. The Balaban J connectivity index is 0.000000214. The fourth-order valence-corrected chi connectivity index (χ4v) is 4.04. The molecule has 6 aromatic rings. The van der Waals surface area contributed by atoms with E-state index in [2.05, 4.69) is 133 Å². The number of halogens is 2. The normalized spacial score (nSPS) is 9.70. The van der Waals surface area contributed by atoms with Gasteiger partial charge in [-0.3, -0.25) is 0 Å². The quantitative estimate of drug-likeness (QED) is 0.314. The van der Waals surface area contributed by atoms with Gasteiger partial charge in [-0.05, 0) is 0 Å². The fourth-order valence-electron chi connectivity index (χ4n) is 4.04. The van der Waals surface area contributed by atoms with Crippen molar-refractivity contribution in [2.75, 3.05) is 0 Å². The molecule has 0 radical (unpaired) electrons. The van der Waals surface area contributed by atoms with Gasteiger partial charge in [0.25, 0.3) is 0 Å². The third-order valence-electron chi connectivity index (χ3n) is 5.53. The van der Waals surface area contributed by atoms with Crippen LogP contribution in [0.15, 0.2) is 133 Å². The first kappa shape index (κ1) is 26.1. The number of rotatable bonds is 2. The summed E-state index contributed by atoms with van der Waals surface area (Å²) in [5.74, 6) is 0. The first-order valence-corrected chi connectivity index (χ1v) is 10.3. The van der Waals surface area contributed by atoms with Crippen molar-refractivity contribution in [3.05, 3.63) is 133 Å². The van der Waals surface area contributed by atoms with E-state index >= 15 is 0 Å². The molecule has 0 atom stereocenters. The van der Waals surface area contributed by atoms with Crippen LogP contribution in [0.4, 0.5) is 0 Å².